The van der Waals surface area contributed by atoms with E-state index >= 15 is 0 Å². The Labute approximate surface area is 145 Å². The number of aryl methyl sites for hydroxylation is 1. The van der Waals surface area contributed by atoms with Gasteiger partial charge >= 0.3 is 0 Å². The molecule has 0 spiro atoms. The molecule has 0 unspecified atom stereocenters. The monoisotopic (exact) mass is 343 g/mol. The molecule has 1 saturated heterocycles. The molecule has 0 aliphatic carbocycles. The number of pyridine rings is 1. The lowest BCUT2D eigenvalue weighted by atomic mass is 10.1. The molecule has 5 nitrogen and oxygen atoms in total. The Bertz CT molecular complexity index is 793. The Morgan fingerprint density at radius 3 is 2.71 bits per heavy atom. The molecule has 6 heteroatoms. The molecule has 0 saturated carbocycles. The van der Waals surface area contributed by atoms with Crippen molar-refractivity contribution in [3.63, 3.8) is 0 Å². The van der Waals surface area contributed by atoms with Crippen molar-refractivity contribution in [3.05, 3.63) is 58.9 Å². The Balaban J connectivity index is 1.80. The van der Waals surface area contributed by atoms with Gasteiger partial charge in [0.1, 0.15) is 12.2 Å². The second-order valence-corrected chi connectivity index (χ2v) is 6.37. The van der Waals surface area contributed by atoms with Gasteiger partial charge < -0.3 is 9.80 Å². The first kappa shape index (κ1) is 16.5. The summed E-state index contributed by atoms with van der Waals surface area (Å²) in [6.45, 7) is 4.22. The van der Waals surface area contributed by atoms with Crippen LogP contribution >= 0.6 is 11.6 Å². The molecule has 0 N–H and O–H groups in total. The van der Waals surface area contributed by atoms with E-state index in [1.54, 1.807) is 34.1 Å². The normalized spacial score (nSPS) is 18.0. The number of carbonyl (C=O) groups excluding carboxylic acids is 2. The van der Waals surface area contributed by atoms with Gasteiger partial charge in [0.05, 0.1) is 0 Å². The van der Waals surface area contributed by atoms with Crippen LogP contribution in [0, 0.1) is 6.92 Å². The van der Waals surface area contributed by atoms with Gasteiger partial charge in [0.2, 0.25) is 5.91 Å². The summed E-state index contributed by atoms with van der Waals surface area (Å²) in [5.74, 6) is -0.346. The fourth-order valence-corrected chi connectivity index (χ4v) is 3.01. The number of piperazine rings is 1. The first-order valence-electron chi connectivity index (χ1n) is 7.76. The standard InChI is InChI=1S/C18H18ClN3O2/c1-12-5-3-8-16(20-12)18(24)21-11-17(23)22(10-13(21)2)15-7-4-6-14(19)9-15/h3-9,13H,10-11H2,1-2H3/t13-/m0/s1. The molecule has 1 aromatic heterocycles. The van der Waals surface area contributed by atoms with Crippen molar-refractivity contribution in [2.75, 3.05) is 18.0 Å². The fraction of sp³-hybridized carbons (Fsp3) is 0.278. The quantitative estimate of drug-likeness (QED) is 0.842. The predicted octanol–water partition coefficient (Wildman–Crippen LogP) is 2.92. The van der Waals surface area contributed by atoms with E-state index in [2.05, 4.69) is 4.98 Å². The molecule has 1 fully saturated rings. The van der Waals surface area contributed by atoms with Crippen LogP contribution in [-0.2, 0) is 4.79 Å². The van der Waals surface area contributed by atoms with Crippen molar-refractivity contribution in [2.45, 2.75) is 19.9 Å². The van der Waals surface area contributed by atoms with Crippen LogP contribution in [0.5, 0.6) is 0 Å². The van der Waals surface area contributed by atoms with E-state index in [0.717, 1.165) is 11.4 Å². The smallest absolute Gasteiger partial charge is 0.273 e. The highest BCUT2D eigenvalue weighted by atomic mass is 35.5. The Morgan fingerprint density at radius 1 is 1.25 bits per heavy atom. The minimum atomic E-state index is -0.217. The number of amides is 2. The van der Waals surface area contributed by atoms with Crippen molar-refractivity contribution in [1.82, 2.24) is 9.88 Å². The van der Waals surface area contributed by atoms with E-state index in [-0.39, 0.29) is 24.4 Å². The van der Waals surface area contributed by atoms with Gasteiger partial charge in [-0.2, -0.15) is 0 Å². The minimum absolute atomic E-state index is 0.0299. The molecule has 1 aromatic carbocycles. The van der Waals surface area contributed by atoms with Crippen LogP contribution in [0.2, 0.25) is 5.02 Å². The first-order chi connectivity index (χ1) is 11.5. The largest absolute Gasteiger partial charge is 0.323 e. The maximum Gasteiger partial charge on any atom is 0.273 e. The van der Waals surface area contributed by atoms with Gasteiger partial charge in [-0.3, -0.25) is 9.59 Å². The van der Waals surface area contributed by atoms with Gasteiger partial charge in [-0.1, -0.05) is 23.7 Å². The first-order valence-corrected chi connectivity index (χ1v) is 8.14. The summed E-state index contributed by atoms with van der Waals surface area (Å²) in [5.41, 5.74) is 1.89. The molecular formula is C18H18ClN3O2. The predicted molar refractivity (Wildman–Crippen MR) is 93.3 cm³/mol. The average Bonchev–Trinajstić information content (AvgIpc) is 2.56. The zero-order chi connectivity index (χ0) is 17.3. The third-order valence-corrected chi connectivity index (χ3v) is 4.31. The summed E-state index contributed by atoms with van der Waals surface area (Å²) in [6, 6.07) is 12.4. The number of benzene rings is 1. The maximum absolute atomic E-state index is 12.7. The molecule has 1 aliphatic rings. The van der Waals surface area contributed by atoms with Crippen LogP contribution in [0.4, 0.5) is 5.69 Å². The van der Waals surface area contributed by atoms with E-state index in [0.29, 0.717) is 17.3 Å². The molecule has 0 bridgehead atoms. The van der Waals surface area contributed by atoms with E-state index in [1.807, 2.05) is 32.0 Å². The van der Waals surface area contributed by atoms with Crippen LogP contribution < -0.4 is 4.90 Å². The average molecular weight is 344 g/mol. The molecule has 0 radical (unpaired) electrons. The fourth-order valence-electron chi connectivity index (χ4n) is 2.83. The number of halogens is 1. The summed E-state index contributed by atoms with van der Waals surface area (Å²) in [5, 5.41) is 0.579. The molecule has 1 aliphatic heterocycles. The van der Waals surface area contributed by atoms with E-state index in [1.165, 1.54) is 0 Å². The minimum Gasteiger partial charge on any atom is -0.323 e. The van der Waals surface area contributed by atoms with Crippen molar-refractivity contribution in [2.24, 2.45) is 0 Å². The molecule has 2 aromatic rings. The lowest BCUT2D eigenvalue weighted by Crippen LogP contribution is -2.57. The maximum atomic E-state index is 12.7. The topological polar surface area (TPSA) is 53.5 Å². The molecule has 2 heterocycles. The summed E-state index contributed by atoms with van der Waals surface area (Å²) in [7, 11) is 0. The van der Waals surface area contributed by atoms with E-state index < -0.39 is 0 Å². The van der Waals surface area contributed by atoms with Crippen molar-refractivity contribution in [3.8, 4) is 0 Å². The van der Waals surface area contributed by atoms with Gasteiger partial charge in [-0.25, -0.2) is 4.98 Å². The van der Waals surface area contributed by atoms with Crippen LogP contribution in [0.25, 0.3) is 0 Å². The van der Waals surface area contributed by atoms with Crippen molar-refractivity contribution >= 4 is 29.1 Å². The van der Waals surface area contributed by atoms with Crippen LogP contribution in [0.15, 0.2) is 42.5 Å². The van der Waals surface area contributed by atoms with Crippen LogP contribution in [0.3, 0.4) is 0 Å². The van der Waals surface area contributed by atoms with E-state index in [4.69, 9.17) is 11.6 Å². The SMILES string of the molecule is Cc1cccc(C(=O)N2CC(=O)N(c3cccc(Cl)c3)C[C@@H]2C)n1. The third kappa shape index (κ3) is 3.26. The molecule has 2 amide bonds. The Kier molecular flexibility index (Phi) is 4.53. The Morgan fingerprint density at radius 2 is 2.00 bits per heavy atom. The number of carbonyl (C=O) groups is 2. The number of aromatic nitrogens is 1. The van der Waals surface area contributed by atoms with Crippen LogP contribution in [0.1, 0.15) is 23.1 Å². The summed E-state index contributed by atoms with van der Waals surface area (Å²) < 4.78 is 0. The summed E-state index contributed by atoms with van der Waals surface area (Å²) in [6.07, 6.45) is 0. The number of nitrogens with zero attached hydrogens (tertiary/aromatic N) is 3. The van der Waals surface area contributed by atoms with E-state index in [9.17, 15) is 9.59 Å². The number of hydrogen-bond donors (Lipinski definition) is 0. The van der Waals surface area contributed by atoms with Gasteiger partial charge in [-0.15, -0.1) is 0 Å². The van der Waals surface area contributed by atoms with Gasteiger partial charge in [0.25, 0.3) is 5.91 Å². The molecular weight excluding hydrogens is 326 g/mol. The number of anilines is 1. The highest BCUT2D eigenvalue weighted by Gasteiger charge is 2.34. The highest BCUT2D eigenvalue weighted by molar-refractivity contribution is 6.30. The second-order valence-electron chi connectivity index (χ2n) is 5.93. The Hall–Kier alpha value is -2.40. The van der Waals surface area contributed by atoms with Crippen LogP contribution in [-0.4, -0.2) is 40.8 Å². The lowest BCUT2D eigenvalue weighted by Gasteiger charge is -2.39. The highest BCUT2D eigenvalue weighted by Crippen LogP contribution is 2.24. The van der Waals surface area contributed by atoms with Gasteiger partial charge in [-0.05, 0) is 44.2 Å². The van der Waals surface area contributed by atoms with Gasteiger partial charge in [0.15, 0.2) is 0 Å². The second kappa shape index (κ2) is 6.61. The molecule has 3 rings (SSSR count). The zero-order valence-electron chi connectivity index (χ0n) is 13.6. The molecule has 1 atom stereocenters. The number of rotatable bonds is 2. The number of hydrogen-bond acceptors (Lipinski definition) is 3. The lowest BCUT2D eigenvalue weighted by molar-refractivity contribution is -0.121. The third-order valence-electron chi connectivity index (χ3n) is 4.07. The zero-order valence-corrected chi connectivity index (χ0v) is 14.3. The van der Waals surface area contributed by atoms with Crippen molar-refractivity contribution in [1.29, 1.82) is 0 Å². The molecule has 24 heavy (non-hydrogen) atoms. The summed E-state index contributed by atoms with van der Waals surface area (Å²) >= 11 is 6.01. The molecule has 124 valence electrons. The van der Waals surface area contributed by atoms with Crippen molar-refractivity contribution < 1.29 is 9.59 Å². The summed E-state index contributed by atoms with van der Waals surface area (Å²) in [4.78, 5) is 32.7. The van der Waals surface area contributed by atoms with Gasteiger partial charge in [0, 0.05) is 29.0 Å².